The molecule has 0 bridgehead atoms. The van der Waals surface area contributed by atoms with Crippen molar-refractivity contribution in [2.75, 3.05) is 47.8 Å². The Bertz CT molecular complexity index is 1270. The molecule has 3 aromatic rings. The van der Waals surface area contributed by atoms with Gasteiger partial charge in [-0.3, -0.25) is 4.72 Å². The van der Waals surface area contributed by atoms with Crippen molar-refractivity contribution in [1.82, 2.24) is 0 Å². The van der Waals surface area contributed by atoms with Crippen LogP contribution in [-0.2, 0) is 10.0 Å². The average Bonchev–Trinajstić information content (AvgIpc) is 2.84. The first-order valence-corrected chi connectivity index (χ1v) is 12.0. The zero-order valence-electron chi connectivity index (χ0n) is 18.4. The van der Waals surface area contributed by atoms with E-state index in [2.05, 4.69) is 9.62 Å². The van der Waals surface area contributed by atoms with Crippen molar-refractivity contribution in [1.29, 1.82) is 0 Å². The Hall–Kier alpha value is -3.79. The smallest absolute Gasteiger partial charge is 0.335 e. The van der Waals surface area contributed by atoms with Gasteiger partial charge >= 0.3 is 5.97 Å². The van der Waals surface area contributed by atoms with Crippen molar-refractivity contribution < 1.29 is 27.4 Å². The highest BCUT2D eigenvalue weighted by atomic mass is 32.2. The summed E-state index contributed by atoms with van der Waals surface area (Å²) in [5, 5.41) is 9.41. The number of carboxylic acid groups (broad SMARTS) is 1. The number of carboxylic acids is 1. The molecule has 1 heterocycles. The predicted octanol–water partition coefficient (Wildman–Crippen LogP) is 3.66. The first-order chi connectivity index (χ1) is 16.3. The molecule has 4 rings (SSSR count). The third-order valence-electron chi connectivity index (χ3n) is 5.67. The maximum atomic E-state index is 13.2. The number of hydrogen-bond acceptors (Lipinski definition) is 6. The van der Waals surface area contributed by atoms with Gasteiger partial charge < -0.3 is 19.6 Å². The average molecular weight is 486 g/mol. The fourth-order valence-corrected chi connectivity index (χ4v) is 4.91. The lowest BCUT2D eigenvalue weighted by molar-refractivity contribution is 0.0697. The number of halogens is 1. The maximum Gasteiger partial charge on any atom is 0.335 e. The molecule has 3 aromatic carbocycles. The van der Waals surface area contributed by atoms with Crippen LogP contribution in [-0.4, -0.2) is 52.8 Å². The fourth-order valence-electron chi connectivity index (χ4n) is 3.84. The lowest BCUT2D eigenvalue weighted by Gasteiger charge is -2.38. The second kappa shape index (κ2) is 9.60. The largest absolute Gasteiger partial charge is 0.497 e. The normalized spacial score (nSPS) is 14.1. The molecule has 178 valence electrons. The number of nitrogens with one attached hydrogen (secondary N) is 1. The molecule has 34 heavy (non-hydrogen) atoms. The molecule has 0 saturated carbocycles. The van der Waals surface area contributed by atoms with Crippen LogP contribution in [0.1, 0.15) is 10.4 Å². The summed E-state index contributed by atoms with van der Waals surface area (Å²) in [6.45, 7) is 2.59. The van der Waals surface area contributed by atoms with Crippen LogP contribution in [0.15, 0.2) is 71.6 Å². The monoisotopic (exact) mass is 485 g/mol. The maximum absolute atomic E-state index is 13.2. The van der Waals surface area contributed by atoms with Gasteiger partial charge in [-0.25, -0.2) is 17.6 Å². The van der Waals surface area contributed by atoms with E-state index in [4.69, 9.17) is 4.74 Å². The van der Waals surface area contributed by atoms with E-state index < -0.39 is 21.8 Å². The Kier molecular flexibility index (Phi) is 6.60. The summed E-state index contributed by atoms with van der Waals surface area (Å²) in [7, 11) is -2.44. The van der Waals surface area contributed by atoms with E-state index in [1.54, 1.807) is 13.2 Å². The second-order valence-corrected chi connectivity index (χ2v) is 9.45. The minimum atomic E-state index is -4.05. The molecule has 0 aliphatic carbocycles. The third kappa shape index (κ3) is 5.07. The number of nitrogens with zero attached hydrogens (tertiary/aromatic N) is 2. The number of anilines is 3. The van der Waals surface area contributed by atoms with Crippen molar-refractivity contribution in [3.63, 3.8) is 0 Å². The number of benzene rings is 3. The highest BCUT2D eigenvalue weighted by Gasteiger charge is 2.23. The van der Waals surface area contributed by atoms with Gasteiger partial charge in [0.2, 0.25) is 0 Å². The Morgan fingerprint density at radius 2 is 1.56 bits per heavy atom. The minimum absolute atomic E-state index is 0.0441. The lowest BCUT2D eigenvalue weighted by atomic mass is 10.1. The molecule has 2 N–H and O–H groups in total. The van der Waals surface area contributed by atoms with Crippen LogP contribution in [0.2, 0.25) is 0 Å². The molecule has 10 heteroatoms. The molecule has 0 unspecified atom stereocenters. The standard InChI is InChI=1S/C24H24FN3O5S/c1-33-20-7-5-19(6-8-20)27-12-14-28(15-13-27)23-11-2-17(24(29)30)16-22(23)26-34(31,32)21-9-3-18(25)4-10-21/h2-11,16,26H,12-15H2,1H3,(H,29,30). The molecule has 1 fully saturated rings. The minimum Gasteiger partial charge on any atom is -0.497 e. The summed E-state index contributed by atoms with van der Waals surface area (Å²) < 4.78 is 46.7. The van der Waals surface area contributed by atoms with E-state index in [0.29, 0.717) is 31.9 Å². The van der Waals surface area contributed by atoms with Crippen LogP contribution in [0.25, 0.3) is 0 Å². The van der Waals surface area contributed by atoms with Gasteiger partial charge in [-0.1, -0.05) is 0 Å². The number of rotatable bonds is 7. The molecule has 0 amide bonds. The first-order valence-electron chi connectivity index (χ1n) is 10.6. The van der Waals surface area contributed by atoms with Gasteiger partial charge in [0.15, 0.2) is 0 Å². The lowest BCUT2D eigenvalue weighted by Crippen LogP contribution is -2.46. The Labute approximate surface area is 197 Å². The Balaban J connectivity index is 1.57. The van der Waals surface area contributed by atoms with Crippen molar-refractivity contribution in [2.24, 2.45) is 0 Å². The van der Waals surface area contributed by atoms with Crippen LogP contribution in [0.5, 0.6) is 5.75 Å². The van der Waals surface area contributed by atoms with Crippen molar-refractivity contribution in [3.8, 4) is 5.75 Å². The van der Waals surface area contributed by atoms with Crippen LogP contribution >= 0.6 is 0 Å². The van der Waals surface area contributed by atoms with E-state index in [-0.39, 0.29) is 16.1 Å². The van der Waals surface area contributed by atoms with Crippen molar-refractivity contribution in [2.45, 2.75) is 4.90 Å². The van der Waals surface area contributed by atoms with E-state index in [1.165, 1.54) is 12.1 Å². The van der Waals surface area contributed by atoms with Gasteiger partial charge in [-0.2, -0.15) is 0 Å². The number of aromatic carboxylic acids is 1. The molecule has 0 radical (unpaired) electrons. The molecule has 0 atom stereocenters. The summed E-state index contributed by atoms with van der Waals surface area (Å²) in [5.74, 6) is -0.945. The summed E-state index contributed by atoms with van der Waals surface area (Å²) in [4.78, 5) is 15.6. The van der Waals surface area contributed by atoms with Crippen LogP contribution in [0, 0.1) is 5.82 Å². The van der Waals surface area contributed by atoms with E-state index >= 15 is 0 Å². The van der Waals surface area contributed by atoms with E-state index in [9.17, 15) is 22.7 Å². The summed E-state index contributed by atoms with van der Waals surface area (Å²) in [6, 6.07) is 16.5. The summed E-state index contributed by atoms with van der Waals surface area (Å²) in [5.41, 5.74) is 1.74. The van der Waals surface area contributed by atoms with Gasteiger partial charge in [0.1, 0.15) is 11.6 Å². The topological polar surface area (TPSA) is 99.2 Å². The van der Waals surface area contributed by atoms with Gasteiger partial charge in [-0.15, -0.1) is 0 Å². The van der Waals surface area contributed by atoms with E-state index in [1.807, 2.05) is 29.2 Å². The molecule has 8 nitrogen and oxygen atoms in total. The molecule has 1 saturated heterocycles. The molecule has 0 aromatic heterocycles. The number of carbonyl (C=O) groups is 1. The zero-order chi connectivity index (χ0) is 24.3. The Morgan fingerprint density at radius 1 is 0.941 bits per heavy atom. The van der Waals surface area contributed by atoms with E-state index in [0.717, 1.165) is 35.7 Å². The van der Waals surface area contributed by atoms with Gasteiger partial charge in [0.05, 0.1) is 28.9 Å². The highest BCUT2D eigenvalue weighted by Crippen LogP contribution is 2.31. The van der Waals surface area contributed by atoms with Gasteiger partial charge in [0.25, 0.3) is 10.0 Å². The van der Waals surface area contributed by atoms with Crippen LogP contribution < -0.4 is 19.3 Å². The zero-order valence-corrected chi connectivity index (χ0v) is 19.3. The number of sulfonamides is 1. The third-order valence-corrected chi connectivity index (χ3v) is 7.05. The quantitative estimate of drug-likeness (QED) is 0.527. The van der Waals surface area contributed by atoms with Crippen LogP contribution in [0.3, 0.4) is 0 Å². The first kappa shape index (κ1) is 23.4. The predicted molar refractivity (Wildman–Crippen MR) is 128 cm³/mol. The number of piperazine rings is 1. The Morgan fingerprint density at radius 3 is 2.15 bits per heavy atom. The fraction of sp³-hybridized carbons (Fsp3) is 0.208. The second-order valence-electron chi connectivity index (χ2n) is 7.77. The van der Waals surface area contributed by atoms with Crippen LogP contribution in [0.4, 0.5) is 21.5 Å². The molecule has 1 aliphatic rings. The van der Waals surface area contributed by atoms with Crippen molar-refractivity contribution in [3.05, 3.63) is 78.1 Å². The summed E-state index contributed by atoms with van der Waals surface area (Å²) >= 11 is 0. The van der Waals surface area contributed by atoms with Crippen molar-refractivity contribution >= 4 is 33.1 Å². The highest BCUT2D eigenvalue weighted by molar-refractivity contribution is 7.92. The SMILES string of the molecule is COc1ccc(N2CCN(c3ccc(C(=O)O)cc3NS(=O)(=O)c3ccc(F)cc3)CC2)cc1. The van der Waals surface area contributed by atoms with Gasteiger partial charge in [0, 0.05) is 31.9 Å². The molecule has 1 aliphatic heterocycles. The molecular formula is C24H24FN3O5S. The molecular weight excluding hydrogens is 461 g/mol. The number of ether oxygens (including phenoxy) is 1. The molecule has 0 spiro atoms. The summed E-state index contributed by atoms with van der Waals surface area (Å²) in [6.07, 6.45) is 0. The number of methoxy groups -OCH3 is 1. The van der Waals surface area contributed by atoms with Gasteiger partial charge in [-0.05, 0) is 66.7 Å². The number of hydrogen-bond donors (Lipinski definition) is 2.